The van der Waals surface area contributed by atoms with Crippen molar-refractivity contribution in [1.82, 2.24) is 5.32 Å². The van der Waals surface area contributed by atoms with Crippen LogP contribution in [-0.4, -0.2) is 87.5 Å². The fraction of sp³-hybridized carbons (Fsp3) is 0.884. The van der Waals surface area contributed by atoms with Crippen LogP contribution in [0.15, 0.2) is 24.3 Å². The average molecular weight is 740 g/mol. The predicted octanol–water partition coefficient (Wildman–Crippen LogP) is 8.33. The molecular formula is C43H81NO8. The molecule has 1 fully saturated rings. The predicted molar refractivity (Wildman–Crippen MR) is 212 cm³/mol. The van der Waals surface area contributed by atoms with Gasteiger partial charge in [-0.3, -0.25) is 4.79 Å². The van der Waals surface area contributed by atoms with Gasteiger partial charge in [0.05, 0.1) is 25.4 Å². The lowest BCUT2D eigenvalue weighted by atomic mass is 9.99. The maximum atomic E-state index is 12.9. The molecule has 6 N–H and O–H groups in total. The first-order valence-corrected chi connectivity index (χ1v) is 21.5. The molecular weight excluding hydrogens is 658 g/mol. The van der Waals surface area contributed by atoms with Crippen molar-refractivity contribution >= 4 is 5.91 Å². The molecule has 9 nitrogen and oxygen atoms in total. The summed E-state index contributed by atoms with van der Waals surface area (Å²) in [5, 5.41) is 54.1. The van der Waals surface area contributed by atoms with E-state index < -0.39 is 49.5 Å². The summed E-state index contributed by atoms with van der Waals surface area (Å²) < 4.78 is 11.2. The molecule has 0 aliphatic carbocycles. The summed E-state index contributed by atoms with van der Waals surface area (Å²) >= 11 is 0. The summed E-state index contributed by atoms with van der Waals surface area (Å²) in [6.45, 7) is 3.78. The van der Waals surface area contributed by atoms with Crippen LogP contribution in [0.25, 0.3) is 0 Å². The van der Waals surface area contributed by atoms with Crippen molar-refractivity contribution in [3.8, 4) is 0 Å². The maximum Gasteiger partial charge on any atom is 0.220 e. The zero-order valence-electron chi connectivity index (χ0n) is 33.3. The lowest BCUT2D eigenvalue weighted by Gasteiger charge is -2.40. The number of hydrogen-bond acceptors (Lipinski definition) is 8. The molecule has 1 aliphatic heterocycles. The molecule has 1 saturated heterocycles. The molecule has 52 heavy (non-hydrogen) atoms. The number of aliphatic hydroxyl groups is 5. The van der Waals surface area contributed by atoms with Crippen molar-refractivity contribution in [3.63, 3.8) is 0 Å². The Balaban J connectivity index is 2.37. The molecule has 7 atom stereocenters. The van der Waals surface area contributed by atoms with Crippen LogP contribution >= 0.6 is 0 Å². The largest absolute Gasteiger partial charge is 0.394 e. The van der Waals surface area contributed by atoms with E-state index in [1.54, 1.807) is 0 Å². The van der Waals surface area contributed by atoms with Crippen LogP contribution in [0, 0.1) is 0 Å². The molecule has 1 amide bonds. The Morgan fingerprint density at radius 2 is 1.08 bits per heavy atom. The summed E-state index contributed by atoms with van der Waals surface area (Å²) in [6, 6.07) is -0.733. The first-order valence-electron chi connectivity index (χ1n) is 21.5. The number of allylic oxidation sites excluding steroid dienone is 4. The Morgan fingerprint density at radius 3 is 1.56 bits per heavy atom. The van der Waals surface area contributed by atoms with Gasteiger partial charge in [-0.25, -0.2) is 0 Å². The fourth-order valence-electron chi connectivity index (χ4n) is 6.74. The summed E-state index contributed by atoms with van der Waals surface area (Å²) in [6.07, 6.45) is 31.8. The highest BCUT2D eigenvalue weighted by atomic mass is 16.7. The number of hydrogen-bond donors (Lipinski definition) is 6. The first kappa shape index (κ1) is 48.7. The van der Waals surface area contributed by atoms with Crippen molar-refractivity contribution in [2.24, 2.45) is 0 Å². The van der Waals surface area contributed by atoms with Crippen molar-refractivity contribution in [1.29, 1.82) is 0 Å². The number of ether oxygens (including phenoxy) is 2. The minimum atomic E-state index is -1.56. The Morgan fingerprint density at radius 1 is 0.635 bits per heavy atom. The van der Waals surface area contributed by atoms with Gasteiger partial charge in [-0.1, -0.05) is 141 Å². The molecule has 0 saturated carbocycles. The van der Waals surface area contributed by atoms with E-state index in [0.29, 0.717) is 12.8 Å². The van der Waals surface area contributed by atoms with Crippen LogP contribution in [0.5, 0.6) is 0 Å². The summed E-state index contributed by atoms with van der Waals surface area (Å²) in [5.74, 6) is -0.160. The molecule has 0 aromatic carbocycles. The minimum absolute atomic E-state index is 0.151. The minimum Gasteiger partial charge on any atom is -0.394 e. The first-order chi connectivity index (χ1) is 25.3. The lowest BCUT2D eigenvalue weighted by Crippen LogP contribution is -2.60. The van der Waals surface area contributed by atoms with Gasteiger partial charge in [0.1, 0.15) is 24.4 Å². The molecule has 0 aromatic rings. The highest BCUT2D eigenvalue weighted by molar-refractivity contribution is 5.76. The maximum absolute atomic E-state index is 12.9. The third kappa shape index (κ3) is 24.9. The topological polar surface area (TPSA) is 149 Å². The zero-order valence-corrected chi connectivity index (χ0v) is 33.3. The van der Waals surface area contributed by atoms with E-state index >= 15 is 0 Å². The van der Waals surface area contributed by atoms with Crippen LogP contribution in [0.1, 0.15) is 187 Å². The van der Waals surface area contributed by atoms with Gasteiger partial charge in [-0.05, 0) is 64.2 Å². The number of unbranched alkanes of at least 4 members (excludes halogenated alkanes) is 21. The van der Waals surface area contributed by atoms with Gasteiger partial charge in [0.15, 0.2) is 6.29 Å². The van der Waals surface area contributed by atoms with E-state index in [-0.39, 0.29) is 12.5 Å². The molecule has 0 radical (unpaired) electrons. The SMILES string of the molecule is CCCCCCCC/C=C/CCCCCCCCCC(=O)N[C@@H](CO[C@H]1O[C@@H](CO)[C@H](O)C(O)C1O)[C@H](O)CCCC/C=C/CCCCCCCC. The summed E-state index contributed by atoms with van der Waals surface area (Å²) in [7, 11) is 0. The van der Waals surface area contributed by atoms with Crippen molar-refractivity contribution in [2.75, 3.05) is 13.2 Å². The van der Waals surface area contributed by atoms with Crippen molar-refractivity contribution in [3.05, 3.63) is 24.3 Å². The molecule has 9 heteroatoms. The van der Waals surface area contributed by atoms with E-state index in [1.807, 2.05) is 0 Å². The third-order valence-corrected chi connectivity index (χ3v) is 10.3. The van der Waals surface area contributed by atoms with Gasteiger partial charge in [0.25, 0.3) is 0 Å². The molecule has 306 valence electrons. The Labute approximate surface area is 318 Å². The number of nitrogens with one attached hydrogen (secondary N) is 1. The number of carbonyl (C=O) groups is 1. The van der Waals surface area contributed by atoms with Crippen LogP contribution in [-0.2, 0) is 14.3 Å². The van der Waals surface area contributed by atoms with Gasteiger partial charge in [0.2, 0.25) is 5.91 Å². The summed E-state index contributed by atoms with van der Waals surface area (Å²) in [4.78, 5) is 12.9. The smallest absolute Gasteiger partial charge is 0.220 e. The van der Waals surface area contributed by atoms with E-state index in [2.05, 4.69) is 43.5 Å². The van der Waals surface area contributed by atoms with E-state index in [9.17, 15) is 30.3 Å². The van der Waals surface area contributed by atoms with Gasteiger partial charge in [-0.15, -0.1) is 0 Å². The second-order valence-corrected chi connectivity index (χ2v) is 15.1. The second kappa shape index (κ2) is 34.2. The van der Waals surface area contributed by atoms with E-state index in [1.165, 1.54) is 116 Å². The van der Waals surface area contributed by atoms with Crippen LogP contribution in [0.2, 0.25) is 0 Å². The van der Waals surface area contributed by atoms with Crippen molar-refractivity contribution in [2.45, 2.75) is 230 Å². The molecule has 0 bridgehead atoms. The Bertz CT molecular complexity index is 868. The zero-order chi connectivity index (χ0) is 38.1. The van der Waals surface area contributed by atoms with Crippen LogP contribution < -0.4 is 5.32 Å². The fourth-order valence-corrected chi connectivity index (χ4v) is 6.74. The van der Waals surface area contributed by atoms with E-state index in [0.717, 1.165) is 44.9 Å². The number of carbonyl (C=O) groups excluding carboxylic acids is 1. The van der Waals surface area contributed by atoms with Crippen molar-refractivity contribution < 1.29 is 39.8 Å². The molecule has 1 aliphatic rings. The number of amides is 1. The van der Waals surface area contributed by atoms with Gasteiger partial charge >= 0.3 is 0 Å². The Hall–Kier alpha value is -1.33. The monoisotopic (exact) mass is 740 g/mol. The molecule has 2 unspecified atom stereocenters. The highest BCUT2D eigenvalue weighted by Crippen LogP contribution is 2.23. The molecule has 1 heterocycles. The van der Waals surface area contributed by atoms with E-state index in [4.69, 9.17) is 9.47 Å². The van der Waals surface area contributed by atoms with Gasteiger partial charge in [0, 0.05) is 6.42 Å². The Kier molecular flexibility index (Phi) is 32.0. The molecule has 1 rings (SSSR count). The average Bonchev–Trinajstić information content (AvgIpc) is 3.14. The third-order valence-electron chi connectivity index (χ3n) is 10.3. The quantitative estimate of drug-likeness (QED) is 0.0281. The van der Waals surface area contributed by atoms with Gasteiger partial charge in [-0.2, -0.15) is 0 Å². The standard InChI is InChI=1S/C43H81NO8/c1-3-5-7-9-11-13-15-17-18-19-20-21-23-25-27-29-31-33-39(47)44-36(35-51-43-42(50)41(49)40(48)38(34-45)52-43)37(46)32-30-28-26-24-22-16-14-12-10-8-6-4-2/h17-18,22,24,36-38,40-43,45-46,48-50H,3-16,19-21,23,25-35H2,1-2H3,(H,44,47)/b18-17+,24-22+/t36-,37+,38-,40-,41?,42?,43-/m0/s1. The van der Waals surface area contributed by atoms with Crippen LogP contribution in [0.4, 0.5) is 0 Å². The number of aliphatic hydroxyl groups excluding tert-OH is 5. The molecule has 0 aromatic heterocycles. The normalized spacial score (nSPS) is 22.0. The summed E-state index contributed by atoms with van der Waals surface area (Å²) in [5.41, 5.74) is 0. The highest BCUT2D eigenvalue weighted by Gasteiger charge is 2.44. The number of rotatable bonds is 35. The van der Waals surface area contributed by atoms with Crippen LogP contribution in [0.3, 0.4) is 0 Å². The molecule has 0 spiro atoms. The lowest BCUT2D eigenvalue weighted by molar-refractivity contribution is -0.302. The second-order valence-electron chi connectivity index (χ2n) is 15.1. The van der Waals surface area contributed by atoms with Gasteiger partial charge < -0.3 is 40.3 Å².